The maximum absolute atomic E-state index is 12.7. The van der Waals surface area contributed by atoms with Crippen LogP contribution >= 0.6 is 15.9 Å². The number of benzene rings is 1. The van der Waals surface area contributed by atoms with Crippen molar-refractivity contribution < 1.29 is 9.59 Å². The van der Waals surface area contributed by atoms with Crippen molar-refractivity contribution in [1.82, 2.24) is 4.90 Å². The largest absolute Gasteiger partial charge is 0.368 e. The molecule has 2 rings (SSSR count). The zero-order valence-electron chi connectivity index (χ0n) is 11.6. The van der Waals surface area contributed by atoms with Gasteiger partial charge in [-0.15, -0.1) is 0 Å². The minimum atomic E-state index is -0.460. The second-order valence-electron chi connectivity index (χ2n) is 5.25. The number of carbonyl (C=O) groups is 2. The van der Waals surface area contributed by atoms with Crippen LogP contribution in [0.5, 0.6) is 0 Å². The minimum Gasteiger partial charge on any atom is -0.368 e. The van der Waals surface area contributed by atoms with Crippen molar-refractivity contribution >= 4 is 27.7 Å². The molecule has 2 amide bonds. The minimum absolute atomic E-state index is 0.00451. The molecule has 1 aliphatic rings. The zero-order chi connectivity index (χ0) is 14.7. The third kappa shape index (κ3) is 3.20. The van der Waals surface area contributed by atoms with Gasteiger partial charge in [0.05, 0.1) is 6.54 Å². The predicted molar refractivity (Wildman–Crippen MR) is 81.4 cm³/mol. The maximum atomic E-state index is 12.7. The van der Waals surface area contributed by atoms with Crippen LogP contribution in [0.15, 0.2) is 22.7 Å². The highest BCUT2D eigenvalue weighted by Gasteiger charge is 2.29. The van der Waals surface area contributed by atoms with E-state index in [2.05, 4.69) is 15.9 Å². The van der Waals surface area contributed by atoms with Crippen molar-refractivity contribution in [1.29, 1.82) is 0 Å². The van der Waals surface area contributed by atoms with E-state index in [1.165, 1.54) is 0 Å². The molecule has 20 heavy (non-hydrogen) atoms. The van der Waals surface area contributed by atoms with Gasteiger partial charge in [0.2, 0.25) is 5.91 Å². The molecule has 0 bridgehead atoms. The van der Waals surface area contributed by atoms with Crippen LogP contribution in [0.4, 0.5) is 0 Å². The highest BCUT2D eigenvalue weighted by atomic mass is 79.9. The quantitative estimate of drug-likeness (QED) is 0.917. The zero-order valence-corrected chi connectivity index (χ0v) is 13.1. The van der Waals surface area contributed by atoms with Crippen LogP contribution in [0.3, 0.4) is 0 Å². The molecule has 2 N–H and O–H groups in total. The van der Waals surface area contributed by atoms with E-state index in [0.717, 1.165) is 35.7 Å². The van der Waals surface area contributed by atoms with Gasteiger partial charge < -0.3 is 10.6 Å². The van der Waals surface area contributed by atoms with Crippen LogP contribution in [0, 0.1) is 6.92 Å². The topological polar surface area (TPSA) is 63.4 Å². The Morgan fingerprint density at radius 2 is 2.00 bits per heavy atom. The molecule has 0 spiro atoms. The number of rotatable bonds is 4. The molecular weight excluding hydrogens is 320 g/mol. The van der Waals surface area contributed by atoms with E-state index in [-0.39, 0.29) is 18.5 Å². The summed E-state index contributed by atoms with van der Waals surface area (Å²) in [4.78, 5) is 25.7. The lowest BCUT2D eigenvalue weighted by atomic mass is 10.1. The predicted octanol–water partition coefficient (Wildman–Crippen LogP) is 2.63. The van der Waals surface area contributed by atoms with Gasteiger partial charge in [-0.05, 0) is 37.5 Å². The fourth-order valence-electron chi connectivity index (χ4n) is 2.74. The molecule has 5 heteroatoms. The van der Waals surface area contributed by atoms with Crippen LogP contribution in [0.1, 0.15) is 41.6 Å². The lowest BCUT2D eigenvalue weighted by molar-refractivity contribution is -0.119. The smallest absolute Gasteiger partial charge is 0.254 e. The Labute approximate surface area is 127 Å². The molecule has 0 unspecified atom stereocenters. The number of nitrogens with zero attached hydrogens (tertiary/aromatic N) is 1. The van der Waals surface area contributed by atoms with Gasteiger partial charge in [-0.1, -0.05) is 34.8 Å². The summed E-state index contributed by atoms with van der Waals surface area (Å²) >= 11 is 3.44. The van der Waals surface area contributed by atoms with Crippen LogP contribution < -0.4 is 5.73 Å². The van der Waals surface area contributed by atoms with E-state index in [1.54, 1.807) is 11.0 Å². The average Bonchev–Trinajstić information content (AvgIpc) is 2.92. The number of nitrogens with two attached hydrogens (primary N) is 1. The summed E-state index contributed by atoms with van der Waals surface area (Å²) in [6, 6.07) is 5.67. The summed E-state index contributed by atoms with van der Waals surface area (Å²) in [7, 11) is 0. The number of halogens is 1. The fourth-order valence-corrected chi connectivity index (χ4v) is 3.11. The summed E-state index contributed by atoms with van der Waals surface area (Å²) in [6.07, 6.45) is 4.10. The lowest BCUT2D eigenvalue weighted by Crippen LogP contribution is -2.44. The molecule has 1 aromatic rings. The number of carbonyl (C=O) groups excluding carboxylic acids is 2. The molecule has 1 fully saturated rings. The Balaban J connectivity index is 2.29. The second kappa shape index (κ2) is 6.39. The fraction of sp³-hybridized carbons (Fsp3) is 0.467. The van der Waals surface area contributed by atoms with Gasteiger partial charge in [0, 0.05) is 16.1 Å². The van der Waals surface area contributed by atoms with E-state index in [9.17, 15) is 9.59 Å². The first-order valence-corrected chi connectivity index (χ1v) is 7.64. The Morgan fingerprint density at radius 3 is 2.60 bits per heavy atom. The third-order valence-electron chi connectivity index (χ3n) is 3.85. The standard InChI is InChI=1S/C15H19BrN2O2/c1-10-12(7-4-8-13(10)16)15(20)18(9-14(17)19)11-5-2-3-6-11/h4,7-8,11H,2-3,5-6,9H2,1H3,(H2,17,19). The summed E-state index contributed by atoms with van der Waals surface area (Å²) < 4.78 is 0.897. The number of hydrogen-bond acceptors (Lipinski definition) is 2. The Morgan fingerprint density at radius 1 is 1.35 bits per heavy atom. The Bertz CT molecular complexity index is 525. The molecule has 0 atom stereocenters. The summed E-state index contributed by atoms with van der Waals surface area (Å²) in [5, 5.41) is 0. The van der Waals surface area contributed by atoms with E-state index in [0.29, 0.717) is 5.56 Å². The highest BCUT2D eigenvalue weighted by molar-refractivity contribution is 9.10. The Hall–Kier alpha value is -1.36. The van der Waals surface area contributed by atoms with E-state index < -0.39 is 5.91 Å². The number of primary amides is 1. The van der Waals surface area contributed by atoms with E-state index in [1.807, 2.05) is 19.1 Å². The summed E-state index contributed by atoms with van der Waals surface area (Å²) in [6.45, 7) is 1.89. The maximum Gasteiger partial charge on any atom is 0.254 e. The molecule has 0 saturated heterocycles. The number of amides is 2. The van der Waals surface area contributed by atoms with Crippen molar-refractivity contribution in [2.45, 2.75) is 38.6 Å². The number of hydrogen-bond donors (Lipinski definition) is 1. The monoisotopic (exact) mass is 338 g/mol. The molecule has 0 aliphatic heterocycles. The first-order chi connectivity index (χ1) is 9.50. The first kappa shape index (κ1) is 15.0. The molecule has 1 aromatic carbocycles. The lowest BCUT2D eigenvalue weighted by Gasteiger charge is -2.28. The molecule has 0 radical (unpaired) electrons. The average molecular weight is 339 g/mol. The highest BCUT2D eigenvalue weighted by Crippen LogP contribution is 2.27. The van der Waals surface area contributed by atoms with Crippen molar-refractivity contribution in [3.05, 3.63) is 33.8 Å². The molecule has 4 nitrogen and oxygen atoms in total. The molecule has 108 valence electrons. The SMILES string of the molecule is Cc1c(Br)cccc1C(=O)N(CC(N)=O)C1CCCC1. The summed E-state index contributed by atoms with van der Waals surface area (Å²) in [5.41, 5.74) is 6.83. The van der Waals surface area contributed by atoms with E-state index >= 15 is 0 Å². The van der Waals surface area contributed by atoms with E-state index in [4.69, 9.17) is 5.73 Å². The van der Waals surface area contributed by atoms with Gasteiger partial charge in [0.1, 0.15) is 0 Å². The molecular formula is C15H19BrN2O2. The second-order valence-corrected chi connectivity index (χ2v) is 6.10. The molecule has 0 aromatic heterocycles. The van der Waals surface area contributed by atoms with Gasteiger partial charge in [0.15, 0.2) is 0 Å². The molecule has 1 saturated carbocycles. The van der Waals surface area contributed by atoms with Crippen LogP contribution in [-0.4, -0.2) is 29.3 Å². The summed E-state index contributed by atoms with van der Waals surface area (Å²) in [5.74, 6) is -0.563. The van der Waals surface area contributed by atoms with Crippen molar-refractivity contribution in [3.63, 3.8) is 0 Å². The normalized spacial score (nSPS) is 15.3. The van der Waals surface area contributed by atoms with Gasteiger partial charge >= 0.3 is 0 Å². The van der Waals surface area contributed by atoms with Gasteiger partial charge in [0.25, 0.3) is 5.91 Å². The first-order valence-electron chi connectivity index (χ1n) is 6.85. The van der Waals surface area contributed by atoms with Crippen molar-refractivity contribution in [3.8, 4) is 0 Å². The van der Waals surface area contributed by atoms with Crippen LogP contribution in [-0.2, 0) is 4.79 Å². The molecule has 1 aliphatic carbocycles. The molecule has 0 heterocycles. The Kier molecular flexibility index (Phi) is 4.81. The third-order valence-corrected chi connectivity index (χ3v) is 4.71. The van der Waals surface area contributed by atoms with Crippen LogP contribution in [0.2, 0.25) is 0 Å². The van der Waals surface area contributed by atoms with Gasteiger partial charge in [-0.3, -0.25) is 9.59 Å². The van der Waals surface area contributed by atoms with Crippen LogP contribution in [0.25, 0.3) is 0 Å². The van der Waals surface area contributed by atoms with Gasteiger partial charge in [-0.25, -0.2) is 0 Å². The van der Waals surface area contributed by atoms with Gasteiger partial charge in [-0.2, -0.15) is 0 Å². The van der Waals surface area contributed by atoms with Crippen molar-refractivity contribution in [2.75, 3.05) is 6.54 Å². The van der Waals surface area contributed by atoms with Crippen molar-refractivity contribution in [2.24, 2.45) is 5.73 Å².